The van der Waals surface area contributed by atoms with Gasteiger partial charge in [0.1, 0.15) is 7.05 Å². The minimum Gasteiger partial charge on any atom is -0.419 e. The van der Waals surface area contributed by atoms with Gasteiger partial charge < -0.3 is 15.4 Å². The zero-order chi connectivity index (χ0) is 18.1. The second-order valence-corrected chi connectivity index (χ2v) is 6.08. The molecule has 0 aliphatic rings. The van der Waals surface area contributed by atoms with Gasteiger partial charge in [-0.2, -0.15) is 0 Å². The van der Waals surface area contributed by atoms with E-state index in [-0.39, 0.29) is 0 Å². The zero-order valence-corrected chi connectivity index (χ0v) is 14.9. The van der Waals surface area contributed by atoms with E-state index in [1.54, 1.807) is 19.2 Å². The van der Waals surface area contributed by atoms with Gasteiger partial charge in [0.15, 0.2) is 0 Å². The second-order valence-electron chi connectivity index (χ2n) is 6.08. The average molecular weight is 340 g/mol. The van der Waals surface area contributed by atoms with Crippen molar-refractivity contribution in [1.29, 1.82) is 0 Å². The molecule has 0 aliphatic heterocycles. The molecule has 6 nitrogen and oxygen atoms in total. The summed E-state index contributed by atoms with van der Waals surface area (Å²) in [6.45, 7) is 0.767. The van der Waals surface area contributed by atoms with Crippen molar-refractivity contribution in [1.82, 2.24) is 5.32 Å². The van der Waals surface area contributed by atoms with Crippen molar-refractivity contribution in [3.63, 3.8) is 0 Å². The number of anilines is 1. The van der Waals surface area contributed by atoms with Crippen molar-refractivity contribution < 1.29 is 19.5 Å². The van der Waals surface area contributed by atoms with Crippen LogP contribution < -0.4 is 20.5 Å². The zero-order valence-electron chi connectivity index (χ0n) is 14.9. The minimum absolute atomic E-state index is 0.434. The molecule has 3 rings (SSSR count). The Morgan fingerprint density at radius 3 is 2.60 bits per heavy atom. The summed E-state index contributed by atoms with van der Waals surface area (Å²) in [4.78, 5) is 5.34. The molecule has 3 N–H and O–H groups in total. The summed E-state index contributed by atoms with van der Waals surface area (Å²) in [7, 11) is 5.54. The molecule has 25 heavy (non-hydrogen) atoms. The lowest BCUT2D eigenvalue weighted by Crippen LogP contribution is -2.56. The molecule has 7 heteroatoms. The predicted molar refractivity (Wildman–Crippen MR) is 101 cm³/mol. The number of aryl methyl sites for hydroxylation is 1. The molecule has 2 aromatic carbocycles. The molecular formula is C18H23BN3O3+. The first-order chi connectivity index (χ1) is 12.0. The largest absolute Gasteiger partial charge is 0.562 e. The van der Waals surface area contributed by atoms with Crippen LogP contribution >= 0.6 is 0 Å². The Bertz CT molecular complexity index is 930. The molecule has 0 aliphatic carbocycles. The van der Waals surface area contributed by atoms with Gasteiger partial charge in [-0.3, -0.25) is 9.90 Å². The number of nitrogens with one attached hydrogen (secondary N) is 1. The number of rotatable bonds is 5. The lowest BCUT2D eigenvalue weighted by Gasteiger charge is -2.20. The Balaban J connectivity index is 2.49. The molecule has 0 atom stereocenters. The number of aromatic nitrogens is 1. The monoisotopic (exact) mass is 340 g/mol. The van der Waals surface area contributed by atoms with Crippen molar-refractivity contribution in [3.05, 3.63) is 42.0 Å². The molecule has 130 valence electrons. The fourth-order valence-corrected chi connectivity index (χ4v) is 3.40. The van der Waals surface area contributed by atoms with Gasteiger partial charge in [-0.05, 0) is 24.7 Å². The number of hydroxylamine groups is 1. The molecule has 0 fully saturated rings. The first-order valence-electron chi connectivity index (χ1n) is 8.15. The van der Waals surface area contributed by atoms with Crippen LogP contribution in [0.15, 0.2) is 36.4 Å². The molecular weight excluding hydrogens is 317 g/mol. The number of fused-ring (bicyclic) bond motifs is 3. The van der Waals surface area contributed by atoms with E-state index in [0.29, 0.717) is 5.59 Å². The number of pyridine rings is 1. The van der Waals surface area contributed by atoms with E-state index in [9.17, 15) is 10.0 Å². The van der Waals surface area contributed by atoms with Gasteiger partial charge in [0.2, 0.25) is 11.1 Å². The van der Waals surface area contributed by atoms with E-state index in [1.807, 2.05) is 49.0 Å². The van der Waals surface area contributed by atoms with E-state index < -0.39 is 7.12 Å². The smallest absolute Gasteiger partial charge is 0.419 e. The Kier molecular flexibility index (Phi) is 4.92. The summed E-state index contributed by atoms with van der Waals surface area (Å²) < 4.78 is 1.83. The number of nitrogens with zero attached hydrogens (tertiary/aromatic N) is 2. The fourth-order valence-electron chi connectivity index (χ4n) is 3.40. The second kappa shape index (κ2) is 6.97. The number of hydrogen-bond donors (Lipinski definition) is 3. The van der Waals surface area contributed by atoms with Crippen LogP contribution in [0, 0.1) is 0 Å². The summed E-state index contributed by atoms with van der Waals surface area (Å²) in [6, 6.07) is 12.0. The first-order valence-corrected chi connectivity index (χ1v) is 8.15. The van der Waals surface area contributed by atoms with Gasteiger partial charge >= 0.3 is 7.12 Å². The SMILES string of the molecule is CNCc1ccc2c(c1)c1cccc(N(C)OC)c1c(B(O)O)[n+]2C. The van der Waals surface area contributed by atoms with Crippen LogP contribution in [0.25, 0.3) is 21.7 Å². The summed E-state index contributed by atoms with van der Waals surface area (Å²) >= 11 is 0. The number of hydrogen-bond acceptors (Lipinski definition) is 5. The average Bonchev–Trinajstić information content (AvgIpc) is 2.61. The van der Waals surface area contributed by atoms with E-state index in [4.69, 9.17) is 4.84 Å². The van der Waals surface area contributed by atoms with Gasteiger partial charge in [0.05, 0.1) is 23.6 Å². The van der Waals surface area contributed by atoms with E-state index >= 15 is 0 Å². The third-order valence-electron chi connectivity index (χ3n) is 4.61. The maximum Gasteiger partial charge on any atom is 0.562 e. The highest BCUT2D eigenvalue weighted by Gasteiger charge is 2.31. The van der Waals surface area contributed by atoms with Crippen molar-refractivity contribution in [2.24, 2.45) is 7.05 Å². The van der Waals surface area contributed by atoms with Crippen LogP contribution in [0.1, 0.15) is 5.56 Å². The summed E-state index contributed by atoms with van der Waals surface area (Å²) in [5.41, 5.74) is 3.31. The number of benzene rings is 2. The normalized spacial score (nSPS) is 11.3. The predicted octanol–water partition coefficient (Wildman–Crippen LogP) is 0.214. The molecule has 1 heterocycles. The molecule has 0 amide bonds. The summed E-state index contributed by atoms with van der Waals surface area (Å²) in [6.07, 6.45) is 0. The van der Waals surface area contributed by atoms with Crippen LogP contribution in [-0.4, -0.2) is 38.4 Å². The topological polar surface area (TPSA) is 68.8 Å². The van der Waals surface area contributed by atoms with Gasteiger partial charge in [0, 0.05) is 25.0 Å². The first kappa shape index (κ1) is 17.6. The molecule has 0 saturated carbocycles. The third-order valence-corrected chi connectivity index (χ3v) is 4.61. The van der Waals surface area contributed by atoms with Crippen LogP contribution in [-0.2, 0) is 18.4 Å². The lowest BCUT2D eigenvalue weighted by molar-refractivity contribution is -0.626. The molecule has 0 radical (unpaired) electrons. The van der Waals surface area contributed by atoms with Crippen LogP contribution in [0.4, 0.5) is 5.69 Å². The van der Waals surface area contributed by atoms with Gasteiger partial charge in [-0.25, -0.2) is 4.57 Å². The molecule has 0 saturated heterocycles. The standard InChI is InChI=1S/C18H23BN3O3/c1-20-11-12-8-9-15-14(10-12)13-6-5-7-16(22(3)25-4)17(13)18(19(23)24)21(15)2/h5-10,20,23-24H,11H2,1-4H3/q+1. The van der Waals surface area contributed by atoms with Gasteiger partial charge in [0.25, 0.3) is 0 Å². The fraction of sp³-hybridized carbons (Fsp3) is 0.278. The van der Waals surface area contributed by atoms with Crippen molar-refractivity contribution in [2.45, 2.75) is 6.54 Å². The van der Waals surface area contributed by atoms with Crippen molar-refractivity contribution in [3.8, 4) is 0 Å². The van der Waals surface area contributed by atoms with Crippen LogP contribution in [0.3, 0.4) is 0 Å². The maximum absolute atomic E-state index is 10.0. The summed E-state index contributed by atoms with van der Waals surface area (Å²) in [5.74, 6) is 0. The van der Waals surface area contributed by atoms with E-state index in [1.165, 1.54) is 5.56 Å². The highest BCUT2D eigenvalue weighted by Crippen LogP contribution is 2.29. The summed E-state index contributed by atoms with van der Waals surface area (Å²) in [5, 5.41) is 27.7. The highest BCUT2D eigenvalue weighted by atomic mass is 16.7. The Hall–Kier alpha value is -2.19. The molecule has 3 aromatic rings. The van der Waals surface area contributed by atoms with E-state index in [2.05, 4.69) is 11.4 Å². The van der Waals surface area contributed by atoms with E-state index in [0.717, 1.165) is 33.9 Å². The quantitative estimate of drug-likeness (QED) is 0.268. The molecule has 1 aromatic heterocycles. The minimum atomic E-state index is -1.60. The third kappa shape index (κ3) is 2.96. The van der Waals surface area contributed by atoms with Crippen LogP contribution in [0.2, 0.25) is 0 Å². The Morgan fingerprint density at radius 2 is 1.96 bits per heavy atom. The lowest BCUT2D eigenvalue weighted by atomic mass is 9.80. The Morgan fingerprint density at radius 1 is 1.20 bits per heavy atom. The van der Waals surface area contributed by atoms with Crippen molar-refractivity contribution in [2.75, 3.05) is 26.3 Å². The molecule has 0 spiro atoms. The van der Waals surface area contributed by atoms with Gasteiger partial charge in [-0.15, -0.1) is 0 Å². The van der Waals surface area contributed by atoms with Gasteiger partial charge in [-0.1, -0.05) is 18.2 Å². The molecule has 0 bridgehead atoms. The maximum atomic E-state index is 10.0. The highest BCUT2D eigenvalue weighted by molar-refractivity contribution is 6.60. The van der Waals surface area contributed by atoms with Crippen LogP contribution in [0.5, 0.6) is 0 Å². The Labute approximate surface area is 147 Å². The van der Waals surface area contributed by atoms with Crippen molar-refractivity contribution >= 4 is 40.1 Å². The molecule has 0 unspecified atom stereocenters.